The molecule has 2 heterocycles. The first kappa shape index (κ1) is 18.6. The van der Waals surface area contributed by atoms with Crippen LogP contribution >= 0.6 is 23.1 Å². The molecule has 0 radical (unpaired) electrons. The third-order valence-corrected chi connectivity index (χ3v) is 7.55. The molecule has 0 unspecified atom stereocenters. The Morgan fingerprint density at radius 1 is 1.36 bits per heavy atom. The molecule has 0 atom stereocenters. The highest BCUT2D eigenvalue weighted by Crippen LogP contribution is 2.24. The van der Waals surface area contributed by atoms with Crippen LogP contribution in [-0.2, 0) is 20.6 Å². The minimum atomic E-state index is -3.12. The number of aromatic nitrogens is 1. The number of nitrogens with zero attached hydrogens (tertiary/aromatic N) is 2. The molecule has 0 aliphatic carbocycles. The van der Waals surface area contributed by atoms with Crippen LogP contribution in [0.15, 0.2) is 24.3 Å². The maximum atomic E-state index is 12.1. The van der Waals surface area contributed by atoms with Gasteiger partial charge >= 0.3 is 0 Å². The van der Waals surface area contributed by atoms with Gasteiger partial charge in [-0.1, -0.05) is 12.1 Å². The average molecular weight is 400 g/mol. The number of amides is 1. The third kappa shape index (κ3) is 5.16. The third-order valence-electron chi connectivity index (χ3n) is 4.08. The van der Waals surface area contributed by atoms with Gasteiger partial charge in [-0.15, -0.1) is 23.1 Å². The zero-order chi connectivity index (χ0) is 17.9. The molecule has 0 saturated carbocycles. The van der Waals surface area contributed by atoms with Crippen LogP contribution in [0.3, 0.4) is 0 Å². The predicted molar refractivity (Wildman–Crippen MR) is 103 cm³/mol. The van der Waals surface area contributed by atoms with Crippen molar-refractivity contribution in [3.05, 3.63) is 29.3 Å². The molecule has 0 bridgehead atoms. The molecule has 25 heavy (non-hydrogen) atoms. The van der Waals surface area contributed by atoms with Gasteiger partial charge in [-0.25, -0.2) is 17.7 Å². The number of para-hydroxylation sites is 1. The van der Waals surface area contributed by atoms with E-state index >= 15 is 0 Å². The Morgan fingerprint density at radius 3 is 2.76 bits per heavy atom. The topological polar surface area (TPSA) is 79.4 Å². The summed E-state index contributed by atoms with van der Waals surface area (Å²) in [4.78, 5) is 16.6. The Labute approximate surface area is 156 Å². The van der Waals surface area contributed by atoms with Crippen molar-refractivity contribution in [3.63, 3.8) is 0 Å². The second-order valence-corrected chi connectivity index (χ2v) is 10.2. The Hall–Kier alpha value is -1.16. The highest BCUT2D eigenvalue weighted by Gasteiger charge is 2.25. The van der Waals surface area contributed by atoms with E-state index in [0.717, 1.165) is 16.3 Å². The second kappa shape index (κ2) is 8.03. The molecule has 1 fully saturated rings. The molecule has 1 aliphatic rings. The SMILES string of the molecule is CS(=O)(=O)N1CCC(NC(=O)CSCc2nc3ccccc3s2)CC1. The Balaban J connectivity index is 1.40. The van der Waals surface area contributed by atoms with Gasteiger partial charge in [0.15, 0.2) is 0 Å². The van der Waals surface area contributed by atoms with Crippen molar-refractivity contribution in [1.82, 2.24) is 14.6 Å². The summed E-state index contributed by atoms with van der Waals surface area (Å²) in [6.45, 7) is 0.950. The van der Waals surface area contributed by atoms with Crippen molar-refractivity contribution < 1.29 is 13.2 Å². The maximum Gasteiger partial charge on any atom is 0.230 e. The number of thioether (sulfide) groups is 1. The number of hydrogen-bond acceptors (Lipinski definition) is 6. The highest BCUT2D eigenvalue weighted by molar-refractivity contribution is 7.99. The summed E-state index contributed by atoms with van der Waals surface area (Å²) < 4.78 is 25.6. The van der Waals surface area contributed by atoms with Crippen molar-refractivity contribution in [2.45, 2.75) is 24.6 Å². The summed E-state index contributed by atoms with van der Waals surface area (Å²) >= 11 is 3.21. The van der Waals surface area contributed by atoms with Gasteiger partial charge in [0.2, 0.25) is 15.9 Å². The van der Waals surface area contributed by atoms with Crippen LogP contribution < -0.4 is 5.32 Å². The van der Waals surface area contributed by atoms with Crippen molar-refractivity contribution in [1.29, 1.82) is 0 Å². The Morgan fingerprint density at radius 2 is 2.08 bits per heavy atom. The molecule has 0 spiro atoms. The monoisotopic (exact) mass is 399 g/mol. The molecule has 1 aliphatic heterocycles. The molecule has 1 N–H and O–H groups in total. The normalized spacial score (nSPS) is 17.0. The number of sulfonamides is 1. The van der Waals surface area contributed by atoms with Crippen LogP contribution in [0.25, 0.3) is 10.2 Å². The van der Waals surface area contributed by atoms with Crippen molar-refractivity contribution >= 4 is 49.2 Å². The van der Waals surface area contributed by atoms with E-state index in [2.05, 4.69) is 16.4 Å². The van der Waals surface area contributed by atoms with Crippen LogP contribution in [0.5, 0.6) is 0 Å². The number of carbonyl (C=O) groups excluding carboxylic acids is 1. The van der Waals surface area contributed by atoms with E-state index in [4.69, 9.17) is 0 Å². The minimum Gasteiger partial charge on any atom is -0.353 e. The number of fused-ring (bicyclic) bond motifs is 1. The maximum absolute atomic E-state index is 12.1. The van der Waals surface area contributed by atoms with Crippen molar-refractivity contribution in [2.24, 2.45) is 0 Å². The molecule has 1 saturated heterocycles. The summed E-state index contributed by atoms with van der Waals surface area (Å²) in [6.07, 6.45) is 2.56. The van der Waals surface area contributed by atoms with Crippen LogP contribution in [0.4, 0.5) is 0 Å². The second-order valence-electron chi connectivity index (χ2n) is 6.07. The first-order valence-electron chi connectivity index (χ1n) is 8.08. The van der Waals surface area contributed by atoms with Crippen molar-refractivity contribution in [2.75, 3.05) is 25.1 Å². The lowest BCUT2D eigenvalue weighted by Crippen LogP contribution is -2.46. The molecular formula is C16H21N3O3S3. The molecule has 6 nitrogen and oxygen atoms in total. The summed E-state index contributed by atoms with van der Waals surface area (Å²) in [6, 6.07) is 8.09. The minimum absolute atomic E-state index is 0.00363. The van der Waals surface area contributed by atoms with Crippen LogP contribution in [0.1, 0.15) is 17.8 Å². The standard InChI is InChI=1S/C16H21N3O3S3/c1-25(21,22)19-8-6-12(7-9-19)17-15(20)10-23-11-16-18-13-4-2-3-5-14(13)24-16/h2-5,12H,6-11H2,1H3,(H,17,20). The average Bonchev–Trinajstić information content (AvgIpc) is 2.97. The molecule has 2 aromatic rings. The molecule has 136 valence electrons. The molecule has 1 aromatic heterocycles. The number of benzene rings is 1. The summed E-state index contributed by atoms with van der Waals surface area (Å²) in [5, 5.41) is 4.03. The Kier molecular flexibility index (Phi) is 5.98. The van der Waals surface area contributed by atoms with Gasteiger partial charge < -0.3 is 5.32 Å². The molecule has 1 aromatic carbocycles. The smallest absolute Gasteiger partial charge is 0.230 e. The van der Waals surface area contributed by atoms with E-state index in [-0.39, 0.29) is 11.9 Å². The first-order valence-corrected chi connectivity index (χ1v) is 11.9. The van der Waals surface area contributed by atoms with Gasteiger partial charge in [-0.2, -0.15) is 0 Å². The van der Waals surface area contributed by atoms with Gasteiger partial charge in [0.25, 0.3) is 0 Å². The fourth-order valence-corrected chi connectivity index (χ4v) is 5.55. The number of carbonyl (C=O) groups is 1. The first-order chi connectivity index (χ1) is 11.9. The number of piperidine rings is 1. The van der Waals surface area contributed by atoms with E-state index < -0.39 is 10.0 Å². The largest absolute Gasteiger partial charge is 0.353 e. The zero-order valence-electron chi connectivity index (χ0n) is 14.0. The zero-order valence-corrected chi connectivity index (χ0v) is 16.4. The van der Waals surface area contributed by atoms with Gasteiger partial charge in [-0.3, -0.25) is 4.79 Å². The lowest BCUT2D eigenvalue weighted by molar-refractivity contribution is -0.119. The van der Waals surface area contributed by atoms with E-state index in [0.29, 0.717) is 31.7 Å². The van der Waals surface area contributed by atoms with Gasteiger partial charge in [0.1, 0.15) is 5.01 Å². The fourth-order valence-electron chi connectivity index (χ4n) is 2.81. The van der Waals surface area contributed by atoms with Gasteiger partial charge in [0, 0.05) is 24.9 Å². The van der Waals surface area contributed by atoms with E-state index in [9.17, 15) is 13.2 Å². The molecule has 9 heteroatoms. The van der Waals surface area contributed by atoms with E-state index in [1.54, 1.807) is 23.1 Å². The van der Waals surface area contributed by atoms with E-state index in [1.165, 1.54) is 15.3 Å². The number of thiazole rings is 1. The number of rotatable bonds is 6. The van der Waals surface area contributed by atoms with Gasteiger partial charge in [0.05, 0.1) is 22.2 Å². The van der Waals surface area contributed by atoms with Crippen molar-refractivity contribution in [3.8, 4) is 0 Å². The fraction of sp³-hybridized carbons (Fsp3) is 0.500. The molecule has 1 amide bonds. The van der Waals surface area contributed by atoms with Gasteiger partial charge in [-0.05, 0) is 25.0 Å². The lowest BCUT2D eigenvalue weighted by Gasteiger charge is -2.30. The quantitative estimate of drug-likeness (QED) is 0.804. The summed E-state index contributed by atoms with van der Waals surface area (Å²) in [7, 11) is -3.12. The van der Waals surface area contributed by atoms with Crippen LogP contribution in [0, 0.1) is 0 Å². The molecular weight excluding hydrogens is 378 g/mol. The summed E-state index contributed by atoms with van der Waals surface area (Å²) in [5.74, 6) is 1.12. The lowest BCUT2D eigenvalue weighted by atomic mass is 10.1. The predicted octanol–water partition coefficient (Wildman–Crippen LogP) is 2.07. The van der Waals surface area contributed by atoms with Crippen LogP contribution in [0.2, 0.25) is 0 Å². The molecule has 3 rings (SSSR count). The highest BCUT2D eigenvalue weighted by atomic mass is 32.2. The number of nitrogens with one attached hydrogen (secondary N) is 1. The summed E-state index contributed by atoms with van der Waals surface area (Å²) in [5.41, 5.74) is 1.00. The van der Waals surface area contributed by atoms with Crippen LogP contribution in [-0.4, -0.2) is 54.8 Å². The van der Waals surface area contributed by atoms with E-state index in [1.807, 2.05) is 18.2 Å². The number of hydrogen-bond donors (Lipinski definition) is 1. The Bertz CT molecular complexity index is 809.